The van der Waals surface area contributed by atoms with Crippen LogP contribution in [0.1, 0.15) is 25.3 Å². The Morgan fingerprint density at radius 2 is 2.00 bits per heavy atom. The summed E-state index contributed by atoms with van der Waals surface area (Å²) < 4.78 is 0. The summed E-state index contributed by atoms with van der Waals surface area (Å²) in [7, 11) is 2.03. The summed E-state index contributed by atoms with van der Waals surface area (Å²) in [5, 5.41) is 4.65. The van der Waals surface area contributed by atoms with Gasteiger partial charge in [-0.05, 0) is 56.3 Å². The van der Waals surface area contributed by atoms with E-state index in [4.69, 9.17) is 23.2 Å². The van der Waals surface area contributed by atoms with Crippen molar-refractivity contribution >= 4 is 23.2 Å². The fourth-order valence-electron chi connectivity index (χ4n) is 2.29. The van der Waals surface area contributed by atoms with Crippen molar-refractivity contribution in [3.8, 4) is 0 Å². The molecule has 16 heavy (non-hydrogen) atoms. The van der Waals surface area contributed by atoms with Crippen LogP contribution in [0.3, 0.4) is 0 Å². The van der Waals surface area contributed by atoms with Gasteiger partial charge in [-0.2, -0.15) is 0 Å². The molecule has 0 radical (unpaired) electrons. The normalized spacial score (nSPS) is 19.5. The van der Waals surface area contributed by atoms with E-state index in [0.29, 0.717) is 21.5 Å². The Bertz CT molecular complexity index is 386. The summed E-state index contributed by atoms with van der Waals surface area (Å²) in [6.45, 7) is 2.25. The maximum Gasteiger partial charge on any atom is 0.0595 e. The lowest BCUT2D eigenvalue weighted by Crippen LogP contribution is -2.33. The Kier molecular flexibility index (Phi) is 3.48. The molecule has 1 nitrogen and oxygen atoms in total. The minimum absolute atomic E-state index is 0.436. The van der Waals surface area contributed by atoms with Crippen LogP contribution in [0.15, 0.2) is 18.2 Å². The summed E-state index contributed by atoms with van der Waals surface area (Å²) in [4.78, 5) is 0. The van der Waals surface area contributed by atoms with Gasteiger partial charge < -0.3 is 5.32 Å². The summed E-state index contributed by atoms with van der Waals surface area (Å²) in [6.07, 6.45) is 3.69. The average Bonchev–Trinajstić information content (AvgIpc) is 3.03. The van der Waals surface area contributed by atoms with E-state index >= 15 is 0 Å². The first kappa shape index (κ1) is 12.2. The lowest BCUT2D eigenvalue weighted by molar-refractivity contribution is 0.369. The molecule has 0 bridgehead atoms. The van der Waals surface area contributed by atoms with Gasteiger partial charge in [0.2, 0.25) is 0 Å². The minimum Gasteiger partial charge on any atom is -0.317 e. The number of nitrogens with one attached hydrogen (secondary N) is 1. The fourth-order valence-corrected chi connectivity index (χ4v) is 2.61. The lowest BCUT2D eigenvalue weighted by Gasteiger charge is -2.23. The van der Waals surface area contributed by atoms with Gasteiger partial charge >= 0.3 is 0 Å². The Morgan fingerprint density at radius 3 is 2.50 bits per heavy atom. The van der Waals surface area contributed by atoms with Crippen LogP contribution in [-0.4, -0.2) is 13.1 Å². The molecule has 1 saturated carbocycles. The topological polar surface area (TPSA) is 12.0 Å². The number of hydrogen-bond donors (Lipinski definition) is 1. The summed E-state index contributed by atoms with van der Waals surface area (Å²) in [6, 6.07) is 6.52. The molecule has 0 saturated heterocycles. The Balaban J connectivity index is 2.12. The Hall–Kier alpha value is -0.240. The van der Waals surface area contributed by atoms with Gasteiger partial charge in [-0.15, -0.1) is 0 Å². The molecule has 1 fully saturated rings. The molecule has 0 amide bonds. The van der Waals surface area contributed by atoms with Crippen LogP contribution in [0.25, 0.3) is 0 Å². The quantitative estimate of drug-likeness (QED) is 0.863. The molecule has 1 N–H and O–H groups in total. The van der Waals surface area contributed by atoms with E-state index in [1.165, 1.54) is 18.4 Å². The number of hydrogen-bond acceptors (Lipinski definition) is 1. The molecule has 3 heteroatoms. The molecule has 1 aliphatic carbocycles. The van der Waals surface area contributed by atoms with Crippen molar-refractivity contribution in [2.45, 2.75) is 32.2 Å². The molecule has 88 valence electrons. The van der Waals surface area contributed by atoms with Crippen LogP contribution < -0.4 is 5.32 Å². The van der Waals surface area contributed by atoms with Gasteiger partial charge in [0.15, 0.2) is 0 Å². The molecule has 0 heterocycles. The van der Waals surface area contributed by atoms with Gasteiger partial charge in [0, 0.05) is 6.04 Å². The van der Waals surface area contributed by atoms with E-state index in [9.17, 15) is 0 Å². The summed E-state index contributed by atoms with van der Waals surface area (Å²) in [5.74, 6) is 0. The smallest absolute Gasteiger partial charge is 0.0595 e. The van der Waals surface area contributed by atoms with Crippen LogP contribution in [0.5, 0.6) is 0 Å². The molecule has 1 aromatic rings. The highest BCUT2D eigenvalue weighted by atomic mass is 35.5. The maximum atomic E-state index is 6.03. The Labute approximate surface area is 107 Å². The van der Waals surface area contributed by atoms with Crippen molar-refractivity contribution in [3.63, 3.8) is 0 Å². The van der Waals surface area contributed by atoms with E-state index in [-0.39, 0.29) is 0 Å². The van der Waals surface area contributed by atoms with Crippen LogP contribution in [0, 0.1) is 5.41 Å². The third-order valence-corrected chi connectivity index (χ3v) is 4.52. The van der Waals surface area contributed by atoms with Crippen molar-refractivity contribution in [1.29, 1.82) is 0 Å². The van der Waals surface area contributed by atoms with E-state index in [1.54, 1.807) is 0 Å². The number of halogens is 2. The van der Waals surface area contributed by atoms with Gasteiger partial charge in [-0.25, -0.2) is 0 Å². The highest BCUT2D eigenvalue weighted by Gasteiger charge is 2.46. The van der Waals surface area contributed by atoms with Gasteiger partial charge in [0.1, 0.15) is 0 Å². The molecule has 1 aliphatic rings. The van der Waals surface area contributed by atoms with Crippen LogP contribution in [0.2, 0.25) is 10.0 Å². The van der Waals surface area contributed by atoms with E-state index in [0.717, 1.165) is 6.42 Å². The summed E-state index contributed by atoms with van der Waals surface area (Å²) in [5.41, 5.74) is 1.72. The highest BCUT2D eigenvalue weighted by molar-refractivity contribution is 6.42. The van der Waals surface area contributed by atoms with Gasteiger partial charge in [-0.1, -0.05) is 29.3 Å². The van der Waals surface area contributed by atoms with Crippen LogP contribution in [0.4, 0.5) is 0 Å². The van der Waals surface area contributed by atoms with Gasteiger partial charge in [0.25, 0.3) is 0 Å². The SMILES string of the molecule is CNC(C)C1(Cc2ccc(Cl)c(Cl)c2)CC1. The molecule has 0 aliphatic heterocycles. The molecule has 0 aromatic heterocycles. The molecule has 1 aromatic carbocycles. The monoisotopic (exact) mass is 257 g/mol. The van der Waals surface area contributed by atoms with Crippen LogP contribution >= 0.6 is 23.2 Å². The molecular formula is C13H17Cl2N. The fraction of sp³-hybridized carbons (Fsp3) is 0.538. The van der Waals surface area contributed by atoms with E-state index in [1.807, 2.05) is 19.2 Å². The molecule has 1 unspecified atom stereocenters. The van der Waals surface area contributed by atoms with Crippen molar-refractivity contribution in [1.82, 2.24) is 5.32 Å². The van der Waals surface area contributed by atoms with E-state index in [2.05, 4.69) is 18.3 Å². The minimum atomic E-state index is 0.436. The predicted molar refractivity (Wildman–Crippen MR) is 70.4 cm³/mol. The van der Waals surface area contributed by atoms with Crippen molar-refractivity contribution in [2.24, 2.45) is 5.41 Å². The predicted octanol–water partition coefficient (Wildman–Crippen LogP) is 3.92. The second-order valence-corrected chi connectivity index (χ2v) is 5.61. The summed E-state index contributed by atoms with van der Waals surface area (Å²) >= 11 is 11.9. The first-order valence-corrected chi connectivity index (χ1v) is 6.44. The second kappa shape index (κ2) is 4.56. The Morgan fingerprint density at radius 1 is 1.31 bits per heavy atom. The molecular weight excluding hydrogens is 241 g/mol. The first-order chi connectivity index (χ1) is 7.57. The zero-order chi connectivity index (χ0) is 11.8. The van der Waals surface area contributed by atoms with Gasteiger partial charge in [0.05, 0.1) is 10.0 Å². The maximum absolute atomic E-state index is 6.03. The molecule has 0 spiro atoms. The lowest BCUT2D eigenvalue weighted by atomic mass is 9.90. The van der Waals surface area contributed by atoms with Crippen molar-refractivity contribution < 1.29 is 0 Å². The largest absolute Gasteiger partial charge is 0.317 e. The third kappa shape index (κ3) is 2.37. The number of benzene rings is 1. The molecule has 2 rings (SSSR count). The average molecular weight is 258 g/mol. The zero-order valence-corrected chi connectivity index (χ0v) is 11.2. The molecule has 1 atom stereocenters. The second-order valence-electron chi connectivity index (χ2n) is 4.80. The standard InChI is InChI=1S/C13H17Cl2N/c1-9(16-2)13(5-6-13)8-10-3-4-11(14)12(15)7-10/h3-4,7,9,16H,5-6,8H2,1-2H3. The third-order valence-electron chi connectivity index (χ3n) is 3.78. The van der Waals surface area contributed by atoms with Crippen molar-refractivity contribution in [3.05, 3.63) is 33.8 Å². The first-order valence-electron chi connectivity index (χ1n) is 5.68. The van der Waals surface area contributed by atoms with E-state index < -0.39 is 0 Å². The number of rotatable bonds is 4. The zero-order valence-electron chi connectivity index (χ0n) is 9.69. The van der Waals surface area contributed by atoms with Crippen LogP contribution in [-0.2, 0) is 6.42 Å². The van der Waals surface area contributed by atoms with Gasteiger partial charge in [-0.3, -0.25) is 0 Å². The highest BCUT2D eigenvalue weighted by Crippen LogP contribution is 2.51. The van der Waals surface area contributed by atoms with Crippen molar-refractivity contribution in [2.75, 3.05) is 7.05 Å².